The Balaban J connectivity index is 2.04. The van der Waals surface area contributed by atoms with Crippen LogP contribution in [0.2, 0.25) is 10.0 Å². The van der Waals surface area contributed by atoms with Crippen LogP contribution in [-0.4, -0.2) is 21.9 Å². The lowest BCUT2D eigenvalue weighted by molar-refractivity contribution is -0.150. The zero-order chi connectivity index (χ0) is 22.4. The lowest BCUT2D eigenvalue weighted by atomic mass is 9.99. The molecular weight excluding hydrogens is 433 g/mol. The maximum Gasteiger partial charge on any atom is 0.331 e. The highest BCUT2D eigenvalue weighted by Crippen LogP contribution is 2.32. The van der Waals surface area contributed by atoms with E-state index in [2.05, 4.69) is 0 Å². The maximum absolute atomic E-state index is 13.3. The number of carboxylic acids is 1. The summed E-state index contributed by atoms with van der Waals surface area (Å²) in [7, 11) is 0. The second-order valence-corrected chi connectivity index (χ2v) is 7.88. The molecule has 0 aliphatic heterocycles. The first kappa shape index (κ1) is 22.6. The molecular formula is C25H21Cl2NO3. The molecule has 1 unspecified atom stereocenters. The van der Waals surface area contributed by atoms with Gasteiger partial charge in [0.05, 0.1) is 6.04 Å². The van der Waals surface area contributed by atoms with E-state index in [1.54, 1.807) is 61.5 Å². The van der Waals surface area contributed by atoms with Gasteiger partial charge in [-0.3, -0.25) is 4.79 Å². The Morgan fingerprint density at radius 1 is 0.839 bits per heavy atom. The third-order valence-corrected chi connectivity index (χ3v) is 5.44. The van der Waals surface area contributed by atoms with Crippen molar-refractivity contribution < 1.29 is 14.7 Å². The van der Waals surface area contributed by atoms with Gasteiger partial charge in [0.25, 0.3) is 0 Å². The number of halogens is 2. The summed E-state index contributed by atoms with van der Waals surface area (Å²) in [5.41, 5.74) is 2.07. The fourth-order valence-electron chi connectivity index (χ4n) is 3.33. The topological polar surface area (TPSA) is 57.6 Å². The molecule has 0 aliphatic rings. The smallest absolute Gasteiger partial charge is 0.331 e. The van der Waals surface area contributed by atoms with E-state index in [-0.39, 0.29) is 0 Å². The molecule has 1 amide bonds. The van der Waals surface area contributed by atoms with Gasteiger partial charge in [0.1, 0.15) is 0 Å². The second kappa shape index (κ2) is 10.3. The Hall–Kier alpha value is -3.08. The summed E-state index contributed by atoms with van der Waals surface area (Å²) in [5, 5.41) is 11.1. The fraction of sp³-hybridized carbons (Fsp3) is 0.120. The van der Waals surface area contributed by atoms with E-state index >= 15 is 0 Å². The number of rotatable bonds is 7. The minimum atomic E-state index is -1.20. The van der Waals surface area contributed by atoms with Gasteiger partial charge in [-0.25, -0.2) is 4.79 Å². The van der Waals surface area contributed by atoms with Crippen molar-refractivity contribution in [3.63, 3.8) is 0 Å². The normalized spacial score (nSPS) is 13.0. The van der Waals surface area contributed by atoms with Crippen LogP contribution in [0.4, 0.5) is 0 Å². The van der Waals surface area contributed by atoms with Gasteiger partial charge in [0.2, 0.25) is 5.91 Å². The third-order valence-electron chi connectivity index (χ3n) is 4.94. The monoisotopic (exact) mass is 453 g/mol. The molecule has 3 aromatic rings. The Labute approximate surface area is 191 Å². The molecule has 2 atom stereocenters. The van der Waals surface area contributed by atoms with Crippen LogP contribution >= 0.6 is 23.2 Å². The molecule has 0 aliphatic carbocycles. The summed E-state index contributed by atoms with van der Waals surface area (Å²) >= 11 is 12.0. The number of carbonyl (C=O) groups excluding carboxylic acids is 1. The summed E-state index contributed by atoms with van der Waals surface area (Å²) in [6.07, 6.45) is 3.07. The summed E-state index contributed by atoms with van der Waals surface area (Å²) in [5.74, 6) is -1.56. The number of benzene rings is 3. The third kappa shape index (κ3) is 5.75. The van der Waals surface area contributed by atoms with Crippen LogP contribution in [0, 0.1) is 0 Å². The highest BCUT2D eigenvalue weighted by Gasteiger charge is 2.34. The van der Waals surface area contributed by atoms with Crippen molar-refractivity contribution in [3.05, 3.63) is 112 Å². The van der Waals surface area contributed by atoms with E-state index in [1.807, 2.05) is 30.3 Å². The van der Waals surface area contributed by atoms with E-state index < -0.39 is 24.0 Å². The van der Waals surface area contributed by atoms with Crippen LogP contribution in [-0.2, 0) is 9.59 Å². The van der Waals surface area contributed by atoms with Gasteiger partial charge in [-0.2, -0.15) is 0 Å². The molecule has 4 nitrogen and oxygen atoms in total. The van der Waals surface area contributed by atoms with Crippen LogP contribution in [0.5, 0.6) is 0 Å². The predicted octanol–water partition coefficient (Wildman–Crippen LogP) is 6.42. The molecule has 0 aromatic heterocycles. The molecule has 3 aromatic carbocycles. The van der Waals surface area contributed by atoms with E-state index in [0.29, 0.717) is 15.6 Å². The van der Waals surface area contributed by atoms with Crippen molar-refractivity contribution in [2.45, 2.75) is 19.0 Å². The summed E-state index contributed by atoms with van der Waals surface area (Å²) in [6, 6.07) is 21.1. The first-order valence-corrected chi connectivity index (χ1v) is 10.4. The van der Waals surface area contributed by atoms with E-state index in [1.165, 1.54) is 11.0 Å². The Kier molecular flexibility index (Phi) is 7.50. The van der Waals surface area contributed by atoms with Crippen molar-refractivity contribution in [3.8, 4) is 0 Å². The van der Waals surface area contributed by atoms with Gasteiger partial charge in [-0.05, 0) is 54.0 Å². The van der Waals surface area contributed by atoms with E-state index in [0.717, 1.165) is 11.1 Å². The zero-order valence-corrected chi connectivity index (χ0v) is 18.3. The van der Waals surface area contributed by atoms with Gasteiger partial charge in [-0.1, -0.05) is 77.8 Å². The van der Waals surface area contributed by atoms with E-state index in [4.69, 9.17) is 23.2 Å². The van der Waals surface area contributed by atoms with Crippen molar-refractivity contribution in [2.75, 3.05) is 0 Å². The van der Waals surface area contributed by atoms with Gasteiger partial charge in [-0.15, -0.1) is 0 Å². The number of carbonyl (C=O) groups is 2. The number of hydrogen-bond acceptors (Lipinski definition) is 2. The van der Waals surface area contributed by atoms with Gasteiger partial charge >= 0.3 is 5.97 Å². The maximum atomic E-state index is 13.3. The highest BCUT2D eigenvalue weighted by atomic mass is 35.5. The molecule has 0 fully saturated rings. The minimum Gasteiger partial charge on any atom is -0.479 e. The van der Waals surface area contributed by atoms with Crippen LogP contribution in [0.15, 0.2) is 84.9 Å². The van der Waals surface area contributed by atoms with Gasteiger partial charge in [0.15, 0.2) is 6.04 Å². The summed E-state index contributed by atoms with van der Waals surface area (Å²) in [6.45, 7) is 1.79. The molecule has 0 saturated carbocycles. The first-order chi connectivity index (χ1) is 14.9. The molecule has 31 heavy (non-hydrogen) atoms. The molecule has 0 bridgehead atoms. The Morgan fingerprint density at radius 2 is 1.35 bits per heavy atom. The quantitative estimate of drug-likeness (QED) is 0.419. The second-order valence-electron chi connectivity index (χ2n) is 7.01. The Bertz CT molecular complexity index is 1060. The van der Waals surface area contributed by atoms with Crippen LogP contribution < -0.4 is 0 Å². The minimum absolute atomic E-state index is 0.423. The van der Waals surface area contributed by atoms with Gasteiger partial charge in [0, 0.05) is 16.1 Å². The number of amides is 1. The van der Waals surface area contributed by atoms with Crippen molar-refractivity contribution in [1.29, 1.82) is 0 Å². The predicted molar refractivity (Wildman–Crippen MR) is 124 cm³/mol. The SMILES string of the molecule is C[C@H](c1ccc(Cl)cc1)N(C(=O)C=Cc1ccccc1)C(C(=O)O)c1ccc(Cl)cc1. The average molecular weight is 454 g/mol. The first-order valence-electron chi connectivity index (χ1n) is 9.66. The van der Waals surface area contributed by atoms with Crippen LogP contribution in [0.25, 0.3) is 6.08 Å². The molecule has 0 radical (unpaired) electrons. The highest BCUT2D eigenvalue weighted by molar-refractivity contribution is 6.30. The molecule has 1 N–H and O–H groups in total. The molecule has 158 valence electrons. The number of aliphatic carboxylic acids is 1. The fourth-order valence-corrected chi connectivity index (χ4v) is 3.58. The average Bonchev–Trinajstić information content (AvgIpc) is 2.77. The van der Waals surface area contributed by atoms with Crippen LogP contribution in [0.1, 0.15) is 35.7 Å². The standard InChI is InChI=1S/C25H21Cl2NO3/c1-17(19-8-12-21(26)13-9-19)28(23(29)16-7-18-5-3-2-4-6-18)24(25(30)31)20-10-14-22(27)15-11-20/h2-17,24H,1H3,(H,30,31)/t17-,24?/m1/s1. The van der Waals surface area contributed by atoms with Crippen molar-refractivity contribution >= 4 is 41.2 Å². The van der Waals surface area contributed by atoms with Crippen molar-refractivity contribution in [2.24, 2.45) is 0 Å². The van der Waals surface area contributed by atoms with Crippen molar-refractivity contribution in [1.82, 2.24) is 4.90 Å². The van der Waals surface area contributed by atoms with Crippen LogP contribution in [0.3, 0.4) is 0 Å². The molecule has 0 saturated heterocycles. The molecule has 0 spiro atoms. The van der Waals surface area contributed by atoms with Gasteiger partial charge < -0.3 is 10.0 Å². The number of nitrogens with zero attached hydrogens (tertiary/aromatic N) is 1. The lowest BCUT2D eigenvalue weighted by Crippen LogP contribution is -2.40. The van der Waals surface area contributed by atoms with E-state index in [9.17, 15) is 14.7 Å². The molecule has 0 heterocycles. The lowest BCUT2D eigenvalue weighted by Gasteiger charge is -2.34. The largest absolute Gasteiger partial charge is 0.479 e. The number of hydrogen-bond donors (Lipinski definition) is 1. The molecule has 6 heteroatoms. The summed E-state index contributed by atoms with van der Waals surface area (Å²) in [4.78, 5) is 27.0. The summed E-state index contributed by atoms with van der Waals surface area (Å²) < 4.78 is 0. The number of carboxylic acid groups (broad SMARTS) is 1. The molecule has 3 rings (SSSR count). The Morgan fingerprint density at radius 3 is 1.87 bits per heavy atom. The zero-order valence-electron chi connectivity index (χ0n) is 16.8.